The molecule has 3 amide bonds. The zero-order valence-electron chi connectivity index (χ0n) is 18.3. The molecule has 1 heterocycles. The molecule has 1 aliphatic heterocycles. The van der Waals surface area contributed by atoms with Gasteiger partial charge in [0, 0.05) is 59.4 Å². The summed E-state index contributed by atoms with van der Waals surface area (Å²) in [4.78, 5) is 39.9. The second-order valence-corrected chi connectivity index (χ2v) is 7.45. The SMILES string of the molecule is COCCCNC(=O)CN1CCN(C(=O)CCCNC(=O)OCc2ccccc2)CC1. The molecular weight excluding hydrogens is 400 g/mol. The van der Waals surface area contributed by atoms with Crippen molar-refractivity contribution in [3.05, 3.63) is 35.9 Å². The molecule has 31 heavy (non-hydrogen) atoms. The molecule has 0 bridgehead atoms. The van der Waals surface area contributed by atoms with Gasteiger partial charge < -0.3 is 25.0 Å². The largest absolute Gasteiger partial charge is 0.445 e. The number of benzene rings is 1. The third-order valence-electron chi connectivity index (χ3n) is 4.99. The summed E-state index contributed by atoms with van der Waals surface area (Å²) in [6.45, 7) is 4.80. The summed E-state index contributed by atoms with van der Waals surface area (Å²) in [6, 6.07) is 9.47. The van der Waals surface area contributed by atoms with Crippen LogP contribution in [0.15, 0.2) is 30.3 Å². The van der Waals surface area contributed by atoms with E-state index in [-0.39, 0.29) is 18.4 Å². The number of piperazine rings is 1. The third kappa shape index (κ3) is 10.3. The molecule has 0 aromatic heterocycles. The van der Waals surface area contributed by atoms with E-state index in [1.54, 1.807) is 7.11 Å². The predicted octanol–water partition coefficient (Wildman–Crippen LogP) is 0.990. The molecular formula is C22H34N4O5. The molecule has 0 atom stereocenters. The fourth-order valence-electron chi connectivity index (χ4n) is 3.22. The van der Waals surface area contributed by atoms with Gasteiger partial charge in [0.15, 0.2) is 0 Å². The van der Waals surface area contributed by atoms with Gasteiger partial charge in [0.1, 0.15) is 6.61 Å². The standard InChI is InChI=1S/C22H34N4O5/c1-30-16-6-11-23-20(27)17-25-12-14-26(15-13-25)21(28)9-5-10-24-22(29)31-18-19-7-3-2-4-8-19/h2-4,7-8H,5-6,9-18H2,1H3,(H,23,27)(H,24,29). The number of hydrogen-bond acceptors (Lipinski definition) is 6. The Morgan fingerprint density at radius 2 is 1.68 bits per heavy atom. The van der Waals surface area contributed by atoms with E-state index in [1.165, 1.54) is 0 Å². The lowest BCUT2D eigenvalue weighted by molar-refractivity contribution is -0.133. The van der Waals surface area contributed by atoms with Crippen LogP contribution in [0.4, 0.5) is 4.79 Å². The summed E-state index contributed by atoms with van der Waals surface area (Å²) in [7, 11) is 1.64. The highest BCUT2D eigenvalue weighted by molar-refractivity contribution is 5.78. The van der Waals surface area contributed by atoms with Gasteiger partial charge >= 0.3 is 6.09 Å². The van der Waals surface area contributed by atoms with Crippen LogP contribution in [0, 0.1) is 0 Å². The number of carbonyl (C=O) groups excluding carboxylic acids is 3. The van der Waals surface area contributed by atoms with E-state index in [2.05, 4.69) is 15.5 Å². The fourth-order valence-corrected chi connectivity index (χ4v) is 3.22. The molecule has 0 aliphatic carbocycles. The van der Waals surface area contributed by atoms with Crippen LogP contribution in [0.3, 0.4) is 0 Å². The zero-order valence-corrected chi connectivity index (χ0v) is 18.3. The summed E-state index contributed by atoms with van der Waals surface area (Å²) >= 11 is 0. The van der Waals surface area contributed by atoms with Gasteiger partial charge in [0.05, 0.1) is 6.54 Å². The van der Waals surface area contributed by atoms with Crippen molar-refractivity contribution < 1.29 is 23.9 Å². The highest BCUT2D eigenvalue weighted by atomic mass is 16.5. The maximum absolute atomic E-state index is 12.4. The number of amides is 3. The molecule has 1 aliphatic rings. The molecule has 0 unspecified atom stereocenters. The van der Waals surface area contributed by atoms with Gasteiger partial charge in [0.2, 0.25) is 11.8 Å². The topological polar surface area (TPSA) is 100 Å². The Hall–Kier alpha value is -2.65. The van der Waals surface area contributed by atoms with Crippen LogP contribution in [0.5, 0.6) is 0 Å². The van der Waals surface area contributed by atoms with Crippen molar-refractivity contribution in [1.82, 2.24) is 20.4 Å². The second-order valence-electron chi connectivity index (χ2n) is 7.45. The molecule has 1 saturated heterocycles. The van der Waals surface area contributed by atoms with E-state index in [4.69, 9.17) is 9.47 Å². The number of carbonyl (C=O) groups is 3. The summed E-state index contributed by atoms with van der Waals surface area (Å²) in [5.74, 6) is 0.0734. The number of ether oxygens (including phenoxy) is 2. The summed E-state index contributed by atoms with van der Waals surface area (Å²) in [6.07, 6.45) is 1.25. The average Bonchev–Trinajstić information content (AvgIpc) is 2.79. The van der Waals surface area contributed by atoms with Crippen LogP contribution < -0.4 is 10.6 Å². The number of nitrogens with one attached hydrogen (secondary N) is 2. The first kappa shape index (κ1) is 24.6. The number of methoxy groups -OCH3 is 1. The lowest BCUT2D eigenvalue weighted by Gasteiger charge is -2.34. The predicted molar refractivity (Wildman–Crippen MR) is 116 cm³/mol. The van der Waals surface area contributed by atoms with E-state index in [1.807, 2.05) is 35.2 Å². The number of nitrogens with zero attached hydrogens (tertiary/aromatic N) is 2. The summed E-state index contributed by atoms with van der Waals surface area (Å²) < 4.78 is 10.1. The Morgan fingerprint density at radius 1 is 0.968 bits per heavy atom. The Balaban J connectivity index is 1.51. The molecule has 2 rings (SSSR count). The maximum atomic E-state index is 12.4. The number of alkyl carbamates (subject to hydrolysis) is 1. The highest BCUT2D eigenvalue weighted by Crippen LogP contribution is 2.05. The van der Waals surface area contributed by atoms with Crippen LogP contribution in [-0.4, -0.2) is 87.2 Å². The second kappa shape index (κ2) is 14.4. The molecule has 1 aromatic carbocycles. The van der Waals surface area contributed by atoms with Crippen molar-refractivity contribution in [2.75, 3.05) is 59.5 Å². The molecule has 9 nitrogen and oxygen atoms in total. The quantitative estimate of drug-likeness (QED) is 0.476. The number of rotatable bonds is 12. The molecule has 0 spiro atoms. The van der Waals surface area contributed by atoms with Crippen LogP contribution >= 0.6 is 0 Å². The van der Waals surface area contributed by atoms with Gasteiger partial charge in [-0.15, -0.1) is 0 Å². The molecule has 2 N–H and O–H groups in total. The van der Waals surface area contributed by atoms with Gasteiger partial charge in [-0.25, -0.2) is 4.79 Å². The Kier molecular flexibility index (Phi) is 11.4. The molecule has 0 saturated carbocycles. The highest BCUT2D eigenvalue weighted by Gasteiger charge is 2.22. The maximum Gasteiger partial charge on any atom is 0.407 e. The van der Waals surface area contributed by atoms with E-state index in [0.717, 1.165) is 12.0 Å². The van der Waals surface area contributed by atoms with Gasteiger partial charge in [0.25, 0.3) is 0 Å². The normalized spacial score (nSPS) is 14.2. The Morgan fingerprint density at radius 3 is 2.39 bits per heavy atom. The van der Waals surface area contributed by atoms with Gasteiger partial charge in [-0.05, 0) is 18.4 Å². The minimum atomic E-state index is -0.481. The smallest absolute Gasteiger partial charge is 0.407 e. The van der Waals surface area contributed by atoms with E-state index >= 15 is 0 Å². The van der Waals surface area contributed by atoms with E-state index < -0.39 is 6.09 Å². The van der Waals surface area contributed by atoms with Crippen molar-refractivity contribution in [2.24, 2.45) is 0 Å². The monoisotopic (exact) mass is 434 g/mol. The number of hydrogen-bond donors (Lipinski definition) is 2. The first-order valence-electron chi connectivity index (χ1n) is 10.8. The minimum Gasteiger partial charge on any atom is -0.445 e. The molecule has 9 heteroatoms. The average molecular weight is 435 g/mol. The van der Waals surface area contributed by atoms with Crippen molar-refractivity contribution in [2.45, 2.75) is 25.9 Å². The van der Waals surface area contributed by atoms with Crippen LogP contribution in [0.2, 0.25) is 0 Å². The van der Waals surface area contributed by atoms with Gasteiger partial charge in [-0.3, -0.25) is 14.5 Å². The summed E-state index contributed by atoms with van der Waals surface area (Å²) in [5, 5.41) is 5.55. The van der Waals surface area contributed by atoms with Gasteiger partial charge in [-0.1, -0.05) is 30.3 Å². The van der Waals surface area contributed by atoms with Crippen molar-refractivity contribution >= 4 is 17.9 Å². The first-order chi connectivity index (χ1) is 15.1. The molecule has 1 fully saturated rings. The van der Waals surface area contributed by atoms with E-state index in [9.17, 15) is 14.4 Å². The minimum absolute atomic E-state index is 0.00102. The summed E-state index contributed by atoms with van der Waals surface area (Å²) in [5.41, 5.74) is 0.926. The molecule has 172 valence electrons. The Bertz CT molecular complexity index is 678. The van der Waals surface area contributed by atoms with E-state index in [0.29, 0.717) is 65.3 Å². The Labute approximate surface area is 184 Å². The molecule has 1 aromatic rings. The van der Waals surface area contributed by atoms with Crippen LogP contribution in [0.25, 0.3) is 0 Å². The van der Waals surface area contributed by atoms with Gasteiger partial charge in [-0.2, -0.15) is 0 Å². The fraction of sp³-hybridized carbons (Fsp3) is 0.591. The zero-order chi connectivity index (χ0) is 22.3. The molecule has 0 radical (unpaired) electrons. The van der Waals surface area contributed by atoms with Crippen LogP contribution in [0.1, 0.15) is 24.8 Å². The lowest BCUT2D eigenvalue weighted by Crippen LogP contribution is -2.51. The van der Waals surface area contributed by atoms with Crippen molar-refractivity contribution in [3.63, 3.8) is 0 Å². The lowest BCUT2D eigenvalue weighted by atomic mass is 10.2. The van der Waals surface area contributed by atoms with Crippen molar-refractivity contribution in [3.8, 4) is 0 Å². The first-order valence-corrected chi connectivity index (χ1v) is 10.8. The third-order valence-corrected chi connectivity index (χ3v) is 4.99. The van der Waals surface area contributed by atoms with Crippen LogP contribution in [-0.2, 0) is 25.7 Å². The van der Waals surface area contributed by atoms with Crippen molar-refractivity contribution in [1.29, 1.82) is 0 Å².